The second-order valence-electron chi connectivity index (χ2n) is 6.22. The summed E-state index contributed by atoms with van der Waals surface area (Å²) in [6.07, 6.45) is 5.39. The summed E-state index contributed by atoms with van der Waals surface area (Å²) in [5.74, 6) is 0.953. The molecule has 0 unspecified atom stereocenters. The molecule has 2 nitrogen and oxygen atoms in total. The van der Waals surface area contributed by atoms with Crippen LogP contribution in [0.3, 0.4) is 0 Å². The van der Waals surface area contributed by atoms with Gasteiger partial charge in [0.05, 0.1) is 0 Å². The van der Waals surface area contributed by atoms with E-state index < -0.39 is 0 Å². The molecule has 2 aromatic rings. The largest absolute Gasteiger partial charge is 0.489 e. The maximum Gasteiger partial charge on any atom is 0.120 e. The summed E-state index contributed by atoms with van der Waals surface area (Å²) < 4.78 is 5.96. The number of rotatable bonds is 6. The fourth-order valence-corrected chi connectivity index (χ4v) is 3.07. The Morgan fingerprint density at radius 2 is 1.86 bits per heavy atom. The van der Waals surface area contributed by atoms with E-state index in [0.29, 0.717) is 12.6 Å². The highest BCUT2D eigenvalue weighted by molar-refractivity contribution is 5.30. The first-order valence-corrected chi connectivity index (χ1v) is 8.31. The number of ether oxygens (including phenoxy) is 1. The highest BCUT2D eigenvalue weighted by Crippen LogP contribution is 2.20. The average molecular weight is 295 g/mol. The van der Waals surface area contributed by atoms with Gasteiger partial charge in [-0.15, -0.1) is 0 Å². The lowest BCUT2D eigenvalue weighted by molar-refractivity contribution is 0.305. The first kappa shape index (κ1) is 15.1. The van der Waals surface area contributed by atoms with Gasteiger partial charge in [-0.05, 0) is 48.6 Å². The lowest BCUT2D eigenvalue weighted by Crippen LogP contribution is -2.25. The normalized spacial score (nSPS) is 15.1. The molecule has 0 amide bonds. The van der Waals surface area contributed by atoms with Crippen molar-refractivity contribution in [3.63, 3.8) is 0 Å². The number of hydrogen-bond acceptors (Lipinski definition) is 2. The van der Waals surface area contributed by atoms with Crippen LogP contribution in [0.15, 0.2) is 48.5 Å². The lowest BCUT2D eigenvalue weighted by atomic mass is 10.1. The summed E-state index contributed by atoms with van der Waals surface area (Å²) in [5.41, 5.74) is 3.83. The molecule has 116 valence electrons. The molecular weight excluding hydrogens is 270 g/mol. The molecule has 2 heteroatoms. The molecule has 1 aliphatic carbocycles. The zero-order valence-electron chi connectivity index (χ0n) is 13.3. The molecule has 0 radical (unpaired) electrons. The molecule has 0 saturated heterocycles. The standard InChI is InChI=1S/C20H25NO/c1-16-7-2-3-9-18(16)15-22-20-12-6-8-17(13-20)14-21-19-10-4-5-11-19/h2-3,6-9,12-13,19,21H,4-5,10-11,14-15H2,1H3. The first-order valence-electron chi connectivity index (χ1n) is 8.31. The highest BCUT2D eigenvalue weighted by Gasteiger charge is 2.13. The van der Waals surface area contributed by atoms with E-state index in [9.17, 15) is 0 Å². The molecule has 0 spiro atoms. The Morgan fingerprint density at radius 3 is 2.68 bits per heavy atom. The van der Waals surface area contributed by atoms with Crippen molar-refractivity contribution in [2.24, 2.45) is 0 Å². The van der Waals surface area contributed by atoms with Crippen molar-refractivity contribution < 1.29 is 4.74 Å². The van der Waals surface area contributed by atoms with Crippen LogP contribution in [0.2, 0.25) is 0 Å². The fraction of sp³-hybridized carbons (Fsp3) is 0.400. The predicted molar refractivity (Wildman–Crippen MR) is 91.0 cm³/mol. The van der Waals surface area contributed by atoms with Crippen LogP contribution in [-0.4, -0.2) is 6.04 Å². The molecule has 1 fully saturated rings. The first-order chi connectivity index (χ1) is 10.8. The van der Waals surface area contributed by atoms with Crippen molar-refractivity contribution in [1.82, 2.24) is 5.32 Å². The number of aryl methyl sites for hydroxylation is 1. The Hall–Kier alpha value is -1.80. The molecule has 2 aromatic carbocycles. The maximum atomic E-state index is 5.96. The summed E-state index contributed by atoms with van der Waals surface area (Å²) in [6, 6.07) is 17.5. The van der Waals surface area contributed by atoms with E-state index in [0.717, 1.165) is 12.3 Å². The van der Waals surface area contributed by atoms with Gasteiger partial charge < -0.3 is 10.1 Å². The van der Waals surface area contributed by atoms with Gasteiger partial charge in [0.25, 0.3) is 0 Å². The van der Waals surface area contributed by atoms with Gasteiger partial charge in [0, 0.05) is 12.6 Å². The summed E-state index contributed by atoms with van der Waals surface area (Å²) in [7, 11) is 0. The van der Waals surface area contributed by atoms with E-state index in [-0.39, 0.29) is 0 Å². The smallest absolute Gasteiger partial charge is 0.120 e. The summed E-state index contributed by atoms with van der Waals surface area (Å²) in [6.45, 7) is 3.69. The Balaban J connectivity index is 1.55. The Kier molecular flexibility index (Phi) is 5.12. The van der Waals surface area contributed by atoms with Crippen LogP contribution in [-0.2, 0) is 13.2 Å². The van der Waals surface area contributed by atoms with Crippen LogP contribution in [0.5, 0.6) is 5.75 Å². The molecule has 0 aromatic heterocycles. The number of nitrogens with one attached hydrogen (secondary N) is 1. The molecule has 0 aliphatic heterocycles. The Morgan fingerprint density at radius 1 is 1.05 bits per heavy atom. The van der Waals surface area contributed by atoms with Gasteiger partial charge in [-0.25, -0.2) is 0 Å². The molecule has 3 rings (SSSR count). The third-order valence-corrected chi connectivity index (χ3v) is 4.50. The second kappa shape index (κ2) is 7.46. The van der Waals surface area contributed by atoms with Crippen molar-refractivity contribution in [2.75, 3.05) is 0 Å². The SMILES string of the molecule is Cc1ccccc1COc1cccc(CNC2CCCC2)c1. The second-order valence-corrected chi connectivity index (χ2v) is 6.22. The van der Waals surface area contributed by atoms with Gasteiger partial charge in [0.2, 0.25) is 0 Å². The zero-order valence-corrected chi connectivity index (χ0v) is 13.3. The Labute approximate surface area is 133 Å². The number of hydrogen-bond donors (Lipinski definition) is 1. The van der Waals surface area contributed by atoms with E-state index in [1.54, 1.807) is 0 Å². The summed E-state index contributed by atoms with van der Waals surface area (Å²) >= 11 is 0. The summed E-state index contributed by atoms with van der Waals surface area (Å²) in [5, 5.41) is 3.65. The van der Waals surface area contributed by atoms with E-state index >= 15 is 0 Å². The van der Waals surface area contributed by atoms with E-state index in [4.69, 9.17) is 4.74 Å². The van der Waals surface area contributed by atoms with Crippen LogP contribution in [0.1, 0.15) is 42.4 Å². The van der Waals surface area contributed by atoms with E-state index in [1.165, 1.54) is 42.4 Å². The predicted octanol–water partition coefficient (Wildman–Crippen LogP) is 4.61. The van der Waals surface area contributed by atoms with E-state index in [1.807, 2.05) is 6.07 Å². The minimum Gasteiger partial charge on any atom is -0.489 e. The van der Waals surface area contributed by atoms with Crippen molar-refractivity contribution in [3.8, 4) is 5.75 Å². The molecular formula is C20H25NO. The van der Waals surface area contributed by atoms with Crippen LogP contribution in [0, 0.1) is 6.92 Å². The average Bonchev–Trinajstić information content (AvgIpc) is 3.06. The molecule has 1 N–H and O–H groups in total. The summed E-state index contributed by atoms with van der Waals surface area (Å²) in [4.78, 5) is 0. The quantitative estimate of drug-likeness (QED) is 0.840. The van der Waals surface area contributed by atoms with Crippen LogP contribution in [0.4, 0.5) is 0 Å². The van der Waals surface area contributed by atoms with Crippen molar-refractivity contribution in [2.45, 2.75) is 51.8 Å². The highest BCUT2D eigenvalue weighted by atomic mass is 16.5. The van der Waals surface area contributed by atoms with Gasteiger partial charge in [0.15, 0.2) is 0 Å². The van der Waals surface area contributed by atoms with Gasteiger partial charge in [-0.1, -0.05) is 49.2 Å². The van der Waals surface area contributed by atoms with Gasteiger partial charge in [-0.3, -0.25) is 0 Å². The molecule has 0 heterocycles. The number of benzene rings is 2. The van der Waals surface area contributed by atoms with Crippen LogP contribution in [0.25, 0.3) is 0 Å². The fourth-order valence-electron chi connectivity index (χ4n) is 3.07. The topological polar surface area (TPSA) is 21.3 Å². The Bertz CT molecular complexity index is 602. The lowest BCUT2D eigenvalue weighted by Gasteiger charge is -2.13. The van der Waals surface area contributed by atoms with Crippen molar-refractivity contribution >= 4 is 0 Å². The molecule has 22 heavy (non-hydrogen) atoms. The molecule has 1 saturated carbocycles. The third-order valence-electron chi connectivity index (χ3n) is 4.50. The zero-order chi connectivity index (χ0) is 15.2. The van der Waals surface area contributed by atoms with Gasteiger partial charge in [0.1, 0.15) is 12.4 Å². The minimum atomic E-state index is 0.631. The van der Waals surface area contributed by atoms with Crippen LogP contribution < -0.4 is 10.1 Å². The minimum absolute atomic E-state index is 0.631. The van der Waals surface area contributed by atoms with E-state index in [2.05, 4.69) is 54.7 Å². The monoisotopic (exact) mass is 295 g/mol. The molecule has 1 aliphatic rings. The van der Waals surface area contributed by atoms with Crippen LogP contribution >= 0.6 is 0 Å². The van der Waals surface area contributed by atoms with Gasteiger partial charge in [-0.2, -0.15) is 0 Å². The van der Waals surface area contributed by atoms with Crippen molar-refractivity contribution in [1.29, 1.82) is 0 Å². The van der Waals surface area contributed by atoms with Crippen molar-refractivity contribution in [3.05, 3.63) is 65.2 Å². The van der Waals surface area contributed by atoms with Gasteiger partial charge >= 0.3 is 0 Å². The molecule has 0 bridgehead atoms. The molecule has 0 atom stereocenters. The third kappa shape index (κ3) is 4.11. The maximum absolute atomic E-state index is 5.96.